The van der Waals surface area contributed by atoms with Gasteiger partial charge >= 0.3 is 0 Å². The lowest BCUT2D eigenvalue weighted by Crippen LogP contribution is -2.52. The van der Waals surface area contributed by atoms with E-state index >= 15 is 0 Å². The van der Waals surface area contributed by atoms with Crippen molar-refractivity contribution in [1.82, 2.24) is 19.4 Å². The van der Waals surface area contributed by atoms with E-state index in [1.807, 2.05) is 0 Å². The van der Waals surface area contributed by atoms with E-state index in [0.29, 0.717) is 0 Å². The van der Waals surface area contributed by atoms with Crippen LogP contribution in [0, 0.1) is 5.82 Å². The van der Waals surface area contributed by atoms with E-state index in [1.165, 1.54) is 41.4 Å². The van der Waals surface area contributed by atoms with E-state index in [0.717, 1.165) is 12.3 Å². The Morgan fingerprint density at radius 1 is 1.30 bits per heavy atom. The van der Waals surface area contributed by atoms with Gasteiger partial charge in [-0.3, -0.25) is 14.5 Å². The van der Waals surface area contributed by atoms with Gasteiger partial charge in [0.2, 0.25) is 11.8 Å². The van der Waals surface area contributed by atoms with Crippen molar-refractivity contribution in [2.75, 3.05) is 18.4 Å². The highest BCUT2D eigenvalue weighted by molar-refractivity contribution is 5.93. The Balaban J connectivity index is 1.51. The lowest BCUT2D eigenvalue weighted by atomic mass is 9.87. The van der Waals surface area contributed by atoms with Crippen molar-refractivity contribution in [3.8, 4) is 0 Å². The molecule has 1 aliphatic rings. The van der Waals surface area contributed by atoms with Gasteiger partial charge in [0, 0.05) is 31.8 Å². The number of oxazole rings is 1. The fourth-order valence-corrected chi connectivity index (χ4v) is 3.83. The van der Waals surface area contributed by atoms with Crippen molar-refractivity contribution in [1.29, 1.82) is 0 Å². The number of nitrogens with one attached hydrogen (secondary N) is 1. The Hall–Kier alpha value is -3.47. The number of pyridine rings is 2. The zero-order valence-electron chi connectivity index (χ0n) is 17.7. The molecule has 2 atom stereocenters. The molecule has 11 heteroatoms. The maximum Gasteiger partial charge on any atom is 0.257 e. The monoisotopic (exact) mass is 461 g/mol. The van der Waals surface area contributed by atoms with E-state index < -0.39 is 36.0 Å². The summed E-state index contributed by atoms with van der Waals surface area (Å²) in [6.07, 6.45) is 4.73. The summed E-state index contributed by atoms with van der Waals surface area (Å²) in [6.45, 7) is 1.56. The standard InChI is InChI=1S/C22H22F3N5O3/c1-14(21(32)28-18-4-3-16(23)10-27-18)29-8-6-22(24,25)17(12-29)15-2-5-20(31)30(11-15)13-19-26-7-9-33-19/h2-5,7,9-11,14,17H,6,8,12-13H2,1H3,(H,27,28,32). The minimum atomic E-state index is -3.02. The van der Waals surface area contributed by atoms with Gasteiger partial charge in [-0.25, -0.2) is 23.1 Å². The van der Waals surface area contributed by atoms with Crippen LogP contribution in [0.1, 0.15) is 30.7 Å². The predicted molar refractivity (Wildman–Crippen MR) is 112 cm³/mol. The van der Waals surface area contributed by atoms with Crippen molar-refractivity contribution >= 4 is 11.7 Å². The highest BCUT2D eigenvalue weighted by atomic mass is 19.3. The molecule has 1 aliphatic heterocycles. The number of nitrogens with zero attached hydrogens (tertiary/aromatic N) is 4. The highest BCUT2D eigenvalue weighted by Crippen LogP contribution is 2.40. The number of aromatic nitrogens is 3. The summed E-state index contributed by atoms with van der Waals surface area (Å²) in [5, 5.41) is 2.57. The minimum Gasteiger partial charge on any atom is -0.447 e. The summed E-state index contributed by atoms with van der Waals surface area (Å²) >= 11 is 0. The van der Waals surface area contributed by atoms with E-state index in [9.17, 15) is 22.8 Å². The molecule has 174 valence electrons. The number of alkyl halides is 2. The first-order valence-corrected chi connectivity index (χ1v) is 10.4. The average Bonchev–Trinajstić information content (AvgIpc) is 3.29. The van der Waals surface area contributed by atoms with E-state index in [4.69, 9.17) is 4.42 Å². The van der Waals surface area contributed by atoms with Crippen molar-refractivity contribution < 1.29 is 22.4 Å². The molecule has 0 bridgehead atoms. The number of carbonyl (C=O) groups is 1. The molecular weight excluding hydrogens is 439 g/mol. The van der Waals surface area contributed by atoms with Gasteiger partial charge in [0.05, 0.1) is 24.4 Å². The van der Waals surface area contributed by atoms with Crippen LogP contribution >= 0.6 is 0 Å². The number of hydrogen-bond donors (Lipinski definition) is 1. The van der Waals surface area contributed by atoms with Gasteiger partial charge in [-0.2, -0.15) is 0 Å². The maximum absolute atomic E-state index is 14.9. The molecule has 1 fully saturated rings. The molecule has 0 radical (unpaired) electrons. The van der Waals surface area contributed by atoms with Crippen molar-refractivity contribution in [3.63, 3.8) is 0 Å². The summed E-state index contributed by atoms with van der Waals surface area (Å²) in [7, 11) is 0. The van der Waals surface area contributed by atoms with Crippen molar-refractivity contribution in [2.45, 2.75) is 37.8 Å². The van der Waals surface area contributed by atoms with Crippen LogP contribution in [0.15, 0.2) is 58.3 Å². The number of rotatable bonds is 6. The number of anilines is 1. The van der Waals surface area contributed by atoms with Crippen LogP contribution in [-0.2, 0) is 11.3 Å². The summed E-state index contributed by atoms with van der Waals surface area (Å²) in [6, 6.07) is 4.39. The molecule has 3 aromatic heterocycles. The zero-order valence-corrected chi connectivity index (χ0v) is 17.7. The molecule has 0 spiro atoms. The van der Waals surface area contributed by atoms with Gasteiger partial charge in [0.25, 0.3) is 11.5 Å². The molecule has 1 saturated heterocycles. The van der Waals surface area contributed by atoms with Crippen molar-refractivity contribution in [3.05, 3.63) is 76.7 Å². The summed E-state index contributed by atoms with van der Waals surface area (Å²) in [5.74, 6) is -4.76. The Morgan fingerprint density at radius 2 is 2.12 bits per heavy atom. The van der Waals surface area contributed by atoms with Gasteiger partial charge in [0.1, 0.15) is 24.4 Å². The first-order chi connectivity index (χ1) is 15.7. The Labute approximate surface area is 187 Å². The fourth-order valence-electron chi connectivity index (χ4n) is 3.83. The molecule has 0 aliphatic carbocycles. The number of piperidine rings is 1. The topological polar surface area (TPSA) is 93.3 Å². The van der Waals surface area contributed by atoms with Crippen LogP contribution < -0.4 is 10.9 Å². The smallest absolute Gasteiger partial charge is 0.257 e. The third kappa shape index (κ3) is 5.14. The SMILES string of the molecule is CC(C(=O)Nc1ccc(F)cn1)N1CCC(F)(F)C(c2ccc(=O)n(Cc3ncco3)c2)C1. The van der Waals surface area contributed by atoms with Crippen LogP contribution in [0.3, 0.4) is 0 Å². The molecular formula is C22H22F3N5O3. The molecule has 1 amide bonds. The third-order valence-electron chi connectivity index (χ3n) is 5.76. The molecule has 1 N–H and O–H groups in total. The number of carbonyl (C=O) groups excluding carboxylic acids is 1. The zero-order chi connectivity index (χ0) is 23.6. The summed E-state index contributed by atoms with van der Waals surface area (Å²) in [5.41, 5.74) is -0.0869. The first-order valence-electron chi connectivity index (χ1n) is 10.4. The minimum absolute atomic E-state index is 0.0187. The number of halogens is 3. The maximum atomic E-state index is 14.9. The summed E-state index contributed by atoms with van der Waals surface area (Å²) in [4.78, 5) is 34.3. The molecule has 3 aromatic rings. The van der Waals surface area contributed by atoms with Gasteiger partial charge in [-0.1, -0.05) is 6.07 Å². The normalized spacial score (nSPS) is 19.2. The van der Waals surface area contributed by atoms with Gasteiger partial charge in [-0.15, -0.1) is 0 Å². The van der Waals surface area contributed by atoms with Crippen LogP contribution in [-0.4, -0.2) is 50.4 Å². The molecule has 2 unspecified atom stereocenters. The Morgan fingerprint density at radius 3 is 2.82 bits per heavy atom. The fraction of sp³-hybridized carbons (Fsp3) is 0.364. The van der Waals surface area contributed by atoms with E-state index in [-0.39, 0.29) is 42.5 Å². The second-order valence-corrected chi connectivity index (χ2v) is 7.94. The highest BCUT2D eigenvalue weighted by Gasteiger charge is 2.46. The number of amides is 1. The largest absolute Gasteiger partial charge is 0.447 e. The van der Waals surface area contributed by atoms with Crippen molar-refractivity contribution in [2.24, 2.45) is 0 Å². The quantitative estimate of drug-likeness (QED) is 0.607. The average molecular weight is 461 g/mol. The van der Waals surface area contributed by atoms with E-state index in [1.54, 1.807) is 11.8 Å². The molecule has 33 heavy (non-hydrogen) atoms. The lowest BCUT2D eigenvalue weighted by Gasteiger charge is -2.40. The van der Waals surface area contributed by atoms with Crippen LogP contribution in [0.5, 0.6) is 0 Å². The van der Waals surface area contributed by atoms with Gasteiger partial charge in [-0.05, 0) is 24.6 Å². The molecule has 4 heterocycles. The van der Waals surface area contributed by atoms with Crippen LogP contribution in [0.2, 0.25) is 0 Å². The Bertz CT molecular complexity index is 1160. The number of likely N-dealkylation sites (tertiary alicyclic amines) is 1. The molecule has 0 saturated carbocycles. The second-order valence-electron chi connectivity index (χ2n) is 7.94. The number of hydrogen-bond acceptors (Lipinski definition) is 6. The predicted octanol–water partition coefficient (Wildman–Crippen LogP) is 2.87. The summed E-state index contributed by atoms with van der Waals surface area (Å²) < 4.78 is 49.2. The Kier molecular flexibility index (Phi) is 6.32. The van der Waals surface area contributed by atoms with Gasteiger partial charge < -0.3 is 14.3 Å². The second kappa shape index (κ2) is 9.18. The third-order valence-corrected chi connectivity index (χ3v) is 5.76. The van der Waals surface area contributed by atoms with Crippen LogP contribution in [0.4, 0.5) is 19.0 Å². The van der Waals surface area contributed by atoms with Gasteiger partial charge in [0.15, 0.2) is 0 Å². The molecule has 0 aromatic carbocycles. The van der Waals surface area contributed by atoms with E-state index in [2.05, 4.69) is 15.3 Å². The van der Waals surface area contributed by atoms with Crippen LogP contribution in [0.25, 0.3) is 0 Å². The molecule has 4 rings (SSSR count). The lowest BCUT2D eigenvalue weighted by molar-refractivity contribution is -0.125. The first kappa shape index (κ1) is 22.7. The molecule has 8 nitrogen and oxygen atoms in total.